The van der Waals surface area contributed by atoms with Gasteiger partial charge < -0.3 is 19.7 Å². The molecule has 0 spiro atoms. The van der Waals surface area contributed by atoms with Crippen LogP contribution in [-0.2, 0) is 38.2 Å². The molecule has 10 heteroatoms. The number of ether oxygens (including phenoxy) is 2. The summed E-state index contributed by atoms with van der Waals surface area (Å²) in [7, 11) is 0. The predicted octanol–water partition coefficient (Wildman–Crippen LogP) is 1.44. The highest BCUT2D eigenvalue weighted by molar-refractivity contribution is 5.91. The average molecular weight is 376 g/mol. The van der Waals surface area contributed by atoms with E-state index >= 15 is 0 Å². The van der Waals surface area contributed by atoms with Gasteiger partial charge in [-0.2, -0.15) is 0 Å². The van der Waals surface area contributed by atoms with Crippen LogP contribution in [0.3, 0.4) is 0 Å². The number of carbonyl (C=O) groups excluding carboxylic acids is 4. The second kappa shape index (κ2) is 15.7. The summed E-state index contributed by atoms with van der Waals surface area (Å²) >= 11 is 0. The van der Waals surface area contributed by atoms with Crippen molar-refractivity contribution in [3.63, 3.8) is 0 Å². The van der Waals surface area contributed by atoms with Crippen molar-refractivity contribution in [1.82, 2.24) is 0 Å². The van der Waals surface area contributed by atoms with Gasteiger partial charge in [-0.3, -0.25) is 28.8 Å². The zero-order chi connectivity index (χ0) is 20.5. The first-order valence-electron chi connectivity index (χ1n) is 8.02. The average Bonchev–Trinajstić information content (AvgIpc) is 2.56. The van der Waals surface area contributed by atoms with Gasteiger partial charge in [-0.05, 0) is 0 Å². The number of hydrogen-bond donors (Lipinski definition) is 2. The van der Waals surface area contributed by atoms with E-state index in [1.807, 2.05) is 0 Å². The largest absolute Gasteiger partial charge is 0.481 e. The maximum atomic E-state index is 11.1. The minimum atomic E-state index is -1.23. The number of hydrogen-bond acceptors (Lipinski definition) is 8. The first-order chi connectivity index (χ1) is 12.1. The molecule has 0 heterocycles. The quantitative estimate of drug-likeness (QED) is 0.421. The Morgan fingerprint density at radius 2 is 0.769 bits per heavy atom. The van der Waals surface area contributed by atoms with Crippen LogP contribution in [0.15, 0.2) is 0 Å². The fraction of sp³-hybridized carbons (Fsp3) is 0.625. The van der Waals surface area contributed by atoms with Crippen LogP contribution in [0.4, 0.5) is 0 Å². The van der Waals surface area contributed by atoms with Crippen molar-refractivity contribution in [2.24, 2.45) is 0 Å². The number of carboxylic acid groups (broad SMARTS) is 2. The Balaban J connectivity index is 0. The van der Waals surface area contributed by atoms with E-state index in [4.69, 9.17) is 10.2 Å². The van der Waals surface area contributed by atoms with Crippen LogP contribution in [0.25, 0.3) is 0 Å². The Morgan fingerprint density at radius 3 is 0.962 bits per heavy atom. The predicted molar refractivity (Wildman–Crippen MR) is 85.8 cm³/mol. The Bertz CT molecular complexity index is 463. The molecule has 0 aliphatic carbocycles. The highest BCUT2D eigenvalue weighted by atomic mass is 16.6. The molecule has 0 radical (unpaired) electrons. The third-order valence-electron chi connectivity index (χ3n) is 2.57. The standard InChI is InChI=1S/C12H14O10.C4H10/c13-7(14)1-3-9(17)21-11(19)5-6-12(20)22-10(18)4-2-8(15)16;1-3-4-2/h1-6H2,(H,13,14)(H,15,16);3-4H2,1-2H3. The lowest BCUT2D eigenvalue weighted by atomic mass is 10.3. The van der Waals surface area contributed by atoms with E-state index in [0.717, 1.165) is 0 Å². The Labute approximate surface area is 150 Å². The number of aliphatic carboxylic acids is 2. The summed E-state index contributed by atoms with van der Waals surface area (Å²) in [6, 6.07) is 0. The molecule has 0 aliphatic heterocycles. The van der Waals surface area contributed by atoms with Gasteiger partial charge in [0.1, 0.15) is 0 Å². The number of unbranched alkanes of at least 4 members (excludes halogenated alkanes) is 1. The van der Waals surface area contributed by atoms with Gasteiger partial charge in [0.05, 0.1) is 38.5 Å². The third-order valence-corrected chi connectivity index (χ3v) is 2.57. The number of carboxylic acids is 2. The lowest BCUT2D eigenvalue weighted by molar-refractivity contribution is -0.165. The van der Waals surface area contributed by atoms with Crippen LogP contribution < -0.4 is 0 Å². The second-order valence-electron chi connectivity index (χ2n) is 4.98. The van der Waals surface area contributed by atoms with Crippen molar-refractivity contribution in [3.8, 4) is 0 Å². The molecular weight excluding hydrogens is 352 g/mol. The monoisotopic (exact) mass is 376 g/mol. The molecule has 26 heavy (non-hydrogen) atoms. The summed E-state index contributed by atoms with van der Waals surface area (Å²) in [5.41, 5.74) is 0. The zero-order valence-electron chi connectivity index (χ0n) is 14.8. The Kier molecular flexibility index (Phi) is 15.4. The van der Waals surface area contributed by atoms with Crippen molar-refractivity contribution in [2.45, 2.75) is 65.2 Å². The molecule has 0 saturated carbocycles. The van der Waals surface area contributed by atoms with Gasteiger partial charge in [0.2, 0.25) is 0 Å². The van der Waals surface area contributed by atoms with Gasteiger partial charge in [0, 0.05) is 0 Å². The molecule has 0 aromatic heterocycles. The van der Waals surface area contributed by atoms with Gasteiger partial charge in [-0.15, -0.1) is 0 Å². The van der Waals surface area contributed by atoms with Crippen LogP contribution in [-0.4, -0.2) is 46.0 Å². The van der Waals surface area contributed by atoms with Gasteiger partial charge in [0.25, 0.3) is 0 Å². The molecule has 0 saturated heterocycles. The number of esters is 4. The SMILES string of the molecule is CCCC.O=C(O)CCC(=O)OC(=O)CCC(=O)OC(=O)CCC(=O)O. The highest BCUT2D eigenvalue weighted by Crippen LogP contribution is 2.01. The molecule has 0 aromatic rings. The lowest BCUT2D eigenvalue weighted by Gasteiger charge is -2.03. The topological polar surface area (TPSA) is 161 Å². The highest BCUT2D eigenvalue weighted by Gasteiger charge is 2.16. The van der Waals surface area contributed by atoms with Crippen LogP contribution in [0.2, 0.25) is 0 Å². The normalized spacial score (nSPS) is 9.31. The molecule has 0 unspecified atom stereocenters. The molecule has 2 N–H and O–H groups in total. The van der Waals surface area contributed by atoms with E-state index in [1.165, 1.54) is 12.8 Å². The molecule has 0 rings (SSSR count). The van der Waals surface area contributed by atoms with E-state index in [9.17, 15) is 28.8 Å². The smallest absolute Gasteiger partial charge is 0.314 e. The summed E-state index contributed by atoms with van der Waals surface area (Å²) in [5, 5.41) is 16.6. The fourth-order valence-corrected chi connectivity index (χ4v) is 1.08. The van der Waals surface area contributed by atoms with Crippen molar-refractivity contribution in [3.05, 3.63) is 0 Å². The van der Waals surface area contributed by atoms with Crippen molar-refractivity contribution in [1.29, 1.82) is 0 Å². The minimum Gasteiger partial charge on any atom is -0.481 e. The van der Waals surface area contributed by atoms with Crippen LogP contribution in [0.1, 0.15) is 65.2 Å². The van der Waals surface area contributed by atoms with E-state index in [1.54, 1.807) is 0 Å². The summed E-state index contributed by atoms with van der Waals surface area (Å²) < 4.78 is 8.45. The van der Waals surface area contributed by atoms with E-state index in [0.29, 0.717) is 0 Å². The summed E-state index contributed by atoms with van der Waals surface area (Å²) in [6.07, 6.45) is -0.398. The molecule has 10 nitrogen and oxygen atoms in total. The van der Waals surface area contributed by atoms with Crippen molar-refractivity contribution < 1.29 is 48.5 Å². The van der Waals surface area contributed by atoms with E-state index < -0.39 is 74.3 Å². The minimum absolute atomic E-state index is 0.487. The molecule has 0 atom stereocenters. The van der Waals surface area contributed by atoms with Gasteiger partial charge in [0.15, 0.2) is 0 Å². The molecule has 0 aromatic carbocycles. The molecular formula is C16H24O10. The number of carbonyl (C=O) groups is 6. The molecule has 0 amide bonds. The molecule has 148 valence electrons. The fourth-order valence-electron chi connectivity index (χ4n) is 1.08. The third kappa shape index (κ3) is 19.3. The first kappa shape index (κ1) is 25.5. The molecule has 0 bridgehead atoms. The van der Waals surface area contributed by atoms with Crippen LogP contribution in [0.5, 0.6) is 0 Å². The summed E-state index contributed by atoms with van der Waals surface area (Å²) in [4.78, 5) is 64.6. The molecule has 0 aliphatic rings. The Morgan fingerprint density at radius 1 is 0.538 bits per heavy atom. The zero-order valence-corrected chi connectivity index (χ0v) is 14.8. The maximum Gasteiger partial charge on any atom is 0.314 e. The van der Waals surface area contributed by atoms with Gasteiger partial charge in [-0.1, -0.05) is 26.7 Å². The van der Waals surface area contributed by atoms with E-state index in [2.05, 4.69) is 23.3 Å². The lowest BCUT2D eigenvalue weighted by Crippen LogP contribution is -2.17. The summed E-state index contributed by atoms with van der Waals surface area (Å²) in [5.74, 6) is -6.67. The van der Waals surface area contributed by atoms with Gasteiger partial charge in [-0.25, -0.2) is 0 Å². The number of rotatable bonds is 10. The van der Waals surface area contributed by atoms with Gasteiger partial charge >= 0.3 is 35.8 Å². The van der Waals surface area contributed by atoms with Crippen LogP contribution >= 0.6 is 0 Å². The molecule has 0 fully saturated rings. The first-order valence-corrected chi connectivity index (χ1v) is 8.02. The van der Waals surface area contributed by atoms with E-state index in [-0.39, 0.29) is 0 Å². The van der Waals surface area contributed by atoms with Crippen LogP contribution in [0, 0.1) is 0 Å². The van der Waals surface area contributed by atoms with Crippen molar-refractivity contribution >= 4 is 35.8 Å². The Hall–Kier alpha value is -2.78. The second-order valence-corrected chi connectivity index (χ2v) is 4.98. The maximum absolute atomic E-state index is 11.1. The van der Waals surface area contributed by atoms with Crippen molar-refractivity contribution in [2.75, 3.05) is 0 Å². The summed E-state index contributed by atoms with van der Waals surface area (Å²) in [6.45, 7) is 4.36.